The summed E-state index contributed by atoms with van der Waals surface area (Å²) >= 11 is 0. The molecule has 1 fully saturated rings. The third-order valence-corrected chi connectivity index (χ3v) is 3.32. The Morgan fingerprint density at radius 2 is 2.26 bits per heavy atom. The second kappa shape index (κ2) is 5.83. The number of hydrogen-bond acceptors (Lipinski definition) is 4. The smallest absolute Gasteiger partial charge is 0.265 e. The molecule has 0 bridgehead atoms. The van der Waals surface area contributed by atoms with E-state index in [-0.39, 0.29) is 6.54 Å². The Balaban J connectivity index is 2.08. The van der Waals surface area contributed by atoms with Gasteiger partial charge in [-0.05, 0) is 6.92 Å². The summed E-state index contributed by atoms with van der Waals surface area (Å²) in [6.45, 7) is 3.64. The van der Waals surface area contributed by atoms with Crippen molar-refractivity contribution < 1.29 is 18.3 Å². The number of halogens is 2. The minimum absolute atomic E-state index is 0.231. The molecule has 2 rings (SSSR count). The molecule has 1 aromatic heterocycles. The maximum atomic E-state index is 12.7. The molecule has 1 saturated heterocycles. The molecule has 1 aliphatic heterocycles. The van der Waals surface area contributed by atoms with Crippen LogP contribution in [0.15, 0.2) is 0 Å². The molecular weight excluding hydrogens is 256 g/mol. The average Bonchev–Trinajstić information content (AvgIpc) is 2.64. The Morgan fingerprint density at radius 3 is 2.89 bits per heavy atom. The summed E-state index contributed by atoms with van der Waals surface area (Å²) in [4.78, 5) is 1.95. The van der Waals surface area contributed by atoms with Gasteiger partial charge in [0.05, 0.1) is 25.0 Å². The Labute approximate surface area is 111 Å². The highest BCUT2D eigenvalue weighted by Gasteiger charge is 2.29. The lowest BCUT2D eigenvalue weighted by atomic mass is 10.2. The van der Waals surface area contributed by atoms with E-state index in [4.69, 9.17) is 9.47 Å². The number of nitrogens with zero attached hydrogens (tertiary/aromatic N) is 3. The van der Waals surface area contributed by atoms with Crippen molar-refractivity contribution in [2.24, 2.45) is 7.05 Å². The van der Waals surface area contributed by atoms with Crippen molar-refractivity contribution in [1.82, 2.24) is 14.7 Å². The van der Waals surface area contributed by atoms with Crippen LogP contribution in [0.4, 0.5) is 8.78 Å². The second-order valence-corrected chi connectivity index (χ2v) is 4.68. The summed E-state index contributed by atoms with van der Waals surface area (Å²) in [6, 6.07) is 0. The van der Waals surface area contributed by atoms with Gasteiger partial charge in [0.1, 0.15) is 6.10 Å². The van der Waals surface area contributed by atoms with Crippen LogP contribution in [-0.4, -0.2) is 54.0 Å². The van der Waals surface area contributed by atoms with Gasteiger partial charge in [0.15, 0.2) is 0 Å². The van der Waals surface area contributed by atoms with Gasteiger partial charge >= 0.3 is 0 Å². The van der Waals surface area contributed by atoms with Gasteiger partial charge in [-0.15, -0.1) is 0 Å². The summed E-state index contributed by atoms with van der Waals surface area (Å²) < 4.78 is 37.4. The molecule has 1 aliphatic rings. The van der Waals surface area contributed by atoms with Gasteiger partial charge in [-0.1, -0.05) is 0 Å². The topological polar surface area (TPSA) is 39.5 Å². The number of morpholine rings is 1. The molecule has 0 aliphatic carbocycles. The molecule has 0 saturated carbocycles. The van der Waals surface area contributed by atoms with E-state index in [0.29, 0.717) is 25.6 Å². The Hall–Kier alpha value is -1.21. The lowest BCUT2D eigenvalue weighted by Crippen LogP contribution is -2.45. The van der Waals surface area contributed by atoms with Crippen LogP contribution in [0, 0.1) is 6.92 Å². The van der Waals surface area contributed by atoms with Gasteiger partial charge in [0.2, 0.25) is 5.88 Å². The van der Waals surface area contributed by atoms with E-state index in [1.54, 1.807) is 18.8 Å². The molecule has 1 aromatic rings. The standard InChI is InChI=1S/C12H19F2N3O2/c1-8-9(12(18-3)16(2)15-8)6-17-4-5-19-10(7-17)11(13)14/h10-11H,4-7H2,1-3H3. The van der Waals surface area contributed by atoms with Crippen molar-refractivity contribution in [2.45, 2.75) is 26.0 Å². The van der Waals surface area contributed by atoms with E-state index in [0.717, 1.165) is 11.3 Å². The first-order valence-electron chi connectivity index (χ1n) is 6.21. The first-order chi connectivity index (χ1) is 9.02. The molecule has 19 heavy (non-hydrogen) atoms. The van der Waals surface area contributed by atoms with Gasteiger partial charge in [0, 0.05) is 26.7 Å². The average molecular weight is 275 g/mol. The van der Waals surface area contributed by atoms with Gasteiger partial charge < -0.3 is 9.47 Å². The summed E-state index contributed by atoms with van der Waals surface area (Å²) in [5, 5.41) is 4.29. The molecule has 1 atom stereocenters. The molecule has 0 amide bonds. The number of aryl methyl sites for hydroxylation is 2. The van der Waals surface area contributed by atoms with E-state index >= 15 is 0 Å². The zero-order chi connectivity index (χ0) is 14.0. The Kier molecular flexibility index (Phi) is 4.36. The van der Waals surface area contributed by atoms with Gasteiger partial charge in [0.25, 0.3) is 6.43 Å². The van der Waals surface area contributed by atoms with Crippen molar-refractivity contribution in [1.29, 1.82) is 0 Å². The summed E-state index contributed by atoms with van der Waals surface area (Å²) in [5.74, 6) is 0.678. The molecule has 0 spiro atoms. The number of alkyl halides is 2. The van der Waals surface area contributed by atoms with Crippen LogP contribution < -0.4 is 4.74 Å². The molecule has 1 unspecified atom stereocenters. The quantitative estimate of drug-likeness (QED) is 0.828. The zero-order valence-electron chi connectivity index (χ0n) is 11.4. The van der Waals surface area contributed by atoms with Gasteiger partial charge in [-0.25, -0.2) is 13.5 Å². The Bertz CT molecular complexity index is 437. The highest BCUT2D eigenvalue weighted by molar-refractivity contribution is 5.30. The normalized spacial score (nSPS) is 21.1. The summed E-state index contributed by atoms with van der Waals surface area (Å²) in [6.07, 6.45) is -3.45. The van der Waals surface area contributed by atoms with Crippen LogP contribution >= 0.6 is 0 Å². The second-order valence-electron chi connectivity index (χ2n) is 4.68. The van der Waals surface area contributed by atoms with Gasteiger partial charge in [-0.2, -0.15) is 5.10 Å². The van der Waals surface area contributed by atoms with Crippen molar-refractivity contribution in [3.63, 3.8) is 0 Å². The first kappa shape index (κ1) is 14.2. The van der Waals surface area contributed by atoms with Crippen LogP contribution in [0.5, 0.6) is 5.88 Å². The number of methoxy groups -OCH3 is 1. The van der Waals surface area contributed by atoms with Crippen molar-refractivity contribution in [3.05, 3.63) is 11.3 Å². The molecule has 0 N–H and O–H groups in total. The summed E-state index contributed by atoms with van der Waals surface area (Å²) in [7, 11) is 3.39. The van der Waals surface area contributed by atoms with Crippen molar-refractivity contribution >= 4 is 0 Å². The Morgan fingerprint density at radius 1 is 1.53 bits per heavy atom. The largest absolute Gasteiger partial charge is 0.481 e. The molecule has 7 heteroatoms. The van der Waals surface area contributed by atoms with Crippen LogP contribution in [0.25, 0.3) is 0 Å². The number of ether oxygens (including phenoxy) is 2. The number of rotatable bonds is 4. The van der Waals surface area contributed by atoms with Crippen molar-refractivity contribution in [3.8, 4) is 5.88 Å². The van der Waals surface area contributed by atoms with Crippen LogP contribution in [0.1, 0.15) is 11.3 Å². The lowest BCUT2D eigenvalue weighted by Gasteiger charge is -2.32. The van der Waals surface area contributed by atoms with Gasteiger partial charge in [-0.3, -0.25) is 4.90 Å². The van der Waals surface area contributed by atoms with Crippen LogP contribution in [0.2, 0.25) is 0 Å². The predicted octanol–water partition coefficient (Wildman–Crippen LogP) is 1.20. The van der Waals surface area contributed by atoms with E-state index < -0.39 is 12.5 Å². The molecule has 0 radical (unpaired) electrons. The molecule has 0 aromatic carbocycles. The van der Waals surface area contributed by atoms with E-state index in [1.165, 1.54) is 0 Å². The maximum Gasteiger partial charge on any atom is 0.265 e. The first-order valence-corrected chi connectivity index (χ1v) is 6.21. The van der Waals surface area contributed by atoms with Crippen LogP contribution in [0.3, 0.4) is 0 Å². The van der Waals surface area contributed by atoms with E-state index in [1.807, 2.05) is 11.8 Å². The SMILES string of the molecule is COc1c(CN2CCOC(C(F)F)C2)c(C)nn1C. The molecular formula is C12H19F2N3O2. The molecule has 5 nitrogen and oxygen atoms in total. The fourth-order valence-electron chi connectivity index (χ4n) is 2.37. The van der Waals surface area contributed by atoms with Crippen LogP contribution in [-0.2, 0) is 18.3 Å². The zero-order valence-corrected chi connectivity index (χ0v) is 11.4. The minimum atomic E-state index is -2.44. The maximum absolute atomic E-state index is 12.7. The molecule has 2 heterocycles. The minimum Gasteiger partial charge on any atom is -0.481 e. The predicted molar refractivity (Wildman–Crippen MR) is 65.5 cm³/mol. The number of hydrogen-bond donors (Lipinski definition) is 0. The molecule has 108 valence electrons. The lowest BCUT2D eigenvalue weighted by molar-refractivity contribution is -0.104. The highest BCUT2D eigenvalue weighted by Crippen LogP contribution is 2.24. The summed E-state index contributed by atoms with van der Waals surface area (Å²) in [5.41, 5.74) is 1.80. The monoisotopic (exact) mass is 275 g/mol. The third-order valence-electron chi connectivity index (χ3n) is 3.32. The fourth-order valence-corrected chi connectivity index (χ4v) is 2.37. The van der Waals surface area contributed by atoms with E-state index in [9.17, 15) is 8.78 Å². The third kappa shape index (κ3) is 3.03. The number of aromatic nitrogens is 2. The fraction of sp³-hybridized carbons (Fsp3) is 0.750. The highest BCUT2D eigenvalue weighted by atomic mass is 19.3. The van der Waals surface area contributed by atoms with E-state index in [2.05, 4.69) is 5.10 Å². The van der Waals surface area contributed by atoms with Crippen molar-refractivity contribution in [2.75, 3.05) is 26.8 Å².